The lowest BCUT2D eigenvalue weighted by molar-refractivity contribution is -0.197. The van der Waals surface area contributed by atoms with E-state index in [1.165, 1.54) is 0 Å². The van der Waals surface area contributed by atoms with Crippen molar-refractivity contribution in [3.8, 4) is 0 Å². The summed E-state index contributed by atoms with van der Waals surface area (Å²) >= 11 is 0. The molecule has 0 aromatic heterocycles. The number of nitrogens with zero attached hydrogens (tertiary/aromatic N) is 2. The minimum absolute atomic E-state index is 0.0195. The predicted molar refractivity (Wildman–Crippen MR) is 184 cm³/mol. The van der Waals surface area contributed by atoms with E-state index in [4.69, 9.17) is 28.6 Å². The summed E-state index contributed by atoms with van der Waals surface area (Å²) in [4.78, 5) is 104. The van der Waals surface area contributed by atoms with Crippen LogP contribution in [0, 0.1) is 5.41 Å². The lowest BCUT2D eigenvalue weighted by Gasteiger charge is -2.33. The molecule has 0 spiro atoms. The first kappa shape index (κ1) is 45.2. The summed E-state index contributed by atoms with van der Waals surface area (Å²) in [5.41, 5.74) is -0.190. The number of amides is 6. The van der Waals surface area contributed by atoms with Crippen LogP contribution < -0.4 is 10.6 Å². The van der Waals surface area contributed by atoms with Crippen LogP contribution >= 0.6 is 0 Å². The van der Waals surface area contributed by atoms with Crippen molar-refractivity contribution >= 4 is 47.4 Å². The number of carbonyl (C=O) groups is 8. The molecule has 2 fully saturated rings. The Kier molecular flexibility index (Phi) is 22.1. The molecule has 6 amide bonds. The average molecular weight is 757 g/mol. The molecular weight excluding hydrogens is 700 g/mol. The molecule has 2 heterocycles. The highest BCUT2D eigenvalue weighted by atomic mass is 16.7. The fourth-order valence-electron chi connectivity index (χ4n) is 5.56. The summed E-state index contributed by atoms with van der Waals surface area (Å²) in [6, 6.07) is 0. The van der Waals surface area contributed by atoms with Gasteiger partial charge in [0.2, 0.25) is 11.8 Å². The second-order valence-corrected chi connectivity index (χ2v) is 13.0. The zero-order valence-corrected chi connectivity index (χ0v) is 31.1. The van der Waals surface area contributed by atoms with Crippen LogP contribution in [-0.4, -0.2) is 124 Å². The Hall–Kier alpha value is -4.00. The van der Waals surface area contributed by atoms with Crippen LogP contribution in [0.3, 0.4) is 0 Å². The topological polar surface area (TPSA) is 222 Å². The summed E-state index contributed by atoms with van der Waals surface area (Å²) < 4.78 is 22.6. The molecule has 0 unspecified atom stereocenters. The van der Waals surface area contributed by atoms with Gasteiger partial charge in [-0.3, -0.25) is 28.8 Å². The number of imide groups is 2. The monoisotopic (exact) mass is 756 g/mol. The van der Waals surface area contributed by atoms with E-state index in [2.05, 4.69) is 10.6 Å². The molecule has 0 aliphatic carbocycles. The second kappa shape index (κ2) is 25.9. The van der Waals surface area contributed by atoms with Crippen LogP contribution in [0.1, 0.15) is 103 Å². The van der Waals surface area contributed by atoms with Crippen LogP contribution in [-0.2, 0) is 67.0 Å². The van der Waals surface area contributed by atoms with Crippen LogP contribution in [0.2, 0.25) is 0 Å². The van der Waals surface area contributed by atoms with Crippen molar-refractivity contribution in [2.75, 3.05) is 67.0 Å². The molecule has 0 bridgehead atoms. The zero-order chi connectivity index (χ0) is 38.9. The van der Waals surface area contributed by atoms with Crippen LogP contribution in [0.5, 0.6) is 0 Å². The Morgan fingerprint density at radius 3 is 1.51 bits per heavy atom. The van der Waals surface area contributed by atoms with Gasteiger partial charge >= 0.3 is 11.9 Å². The molecule has 300 valence electrons. The highest BCUT2D eigenvalue weighted by Crippen LogP contribution is 2.33. The number of hydroxylamine groups is 4. The highest BCUT2D eigenvalue weighted by Gasteiger charge is 2.34. The minimum Gasteiger partial charge on any atom is -0.385 e. The first-order valence-electron chi connectivity index (χ1n) is 18.3. The van der Waals surface area contributed by atoms with E-state index in [1.54, 1.807) is 14.2 Å². The van der Waals surface area contributed by atoms with Crippen molar-refractivity contribution < 1.29 is 67.0 Å². The molecule has 0 radical (unpaired) electrons. The van der Waals surface area contributed by atoms with E-state index < -0.39 is 35.6 Å². The van der Waals surface area contributed by atoms with Gasteiger partial charge in [-0.2, -0.15) is 0 Å². The van der Waals surface area contributed by atoms with Gasteiger partial charge in [-0.05, 0) is 56.8 Å². The molecule has 2 rings (SSSR count). The molecule has 0 saturated carbocycles. The lowest BCUT2D eigenvalue weighted by Crippen LogP contribution is -2.32. The van der Waals surface area contributed by atoms with E-state index in [0.717, 1.165) is 32.1 Å². The molecule has 2 N–H and O–H groups in total. The molecule has 2 aliphatic heterocycles. The quantitative estimate of drug-likeness (QED) is 0.0782. The van der Waals surface area contributed by atoms with Crippen molar-refractivity contribution in [2.45, 2.75) is 103 Å². The number of rotatable bonds is 30. The maximum atomic E-state index is 12.1. The van der Waals surface area contributed by atoms with Gasteiger partial charge in [0.15, 0.2) is 0 Å². The van der Waals surface area contributed by atoms with Gasteiger partial charge < -0.3 is 39.3 Å². The summed E-state index contributed by atoms with van der Waals surface area (Å²) in [6.45, 7) is 3.70. The number of hydrogen-bond donors (Lipinski definition) is 2. The van der Waals surface area contributed by atoms with Crippen LogP contribution in [0.15, 0.2) is 0 Å². The number of methoxy groups -OCH3 is 2. The van der Waals surface area contributed by atoms with Crippen LogP contribution in [0.25, 0.3) is 0 Å². The van der Waals surface area contributed by atoms with Gasteiger partial charge in [0.05, 0.1) is 13.2 Å². The molecule has 0 aromatic rings. The summed E-state index contributed by atoms with van der Waals surface area (Å²) in [6.07, 6.45) is 5.09. The van der Waals surface area contributed by atoms with E-state index in [-0.39, 0.29) is 81.4 Å². The molecule has 18 heteroatoms. The standard InChI is InChI=1S/C35H56N4O14/c1-48-23-17-35(18-24-49-2,16-7-22-50-25-20-37-28(41)9-6-11-34(47)53-39-31(44)14-15-32(39)45)26-51-21-4-3-19-36-27(40)8-5-10-33(46)52-38-29(42)12-13-30(38)43/h3-26H2,1-2H3,(H,36,40)(H,37,41). The zero-order valence-electron chi connectivity index (χ0n) is 31.1. The first-order chi connectivity index (χ1) is 25.5. The molecular formula is C35H56N4O14. The van der Waals surface area contributed by atoms with Crippen molar-refractivity contribution in [3.05, 3.63) is 0 Å². The Morgan fingerprint density at radius 2 is 1.02 bits per heavy atom. The smallest absolute Gasteiger partial charge is 0.333 e. The lowest BCUT2D eigenvalue weighted by atomic mass is 9.78. The molecule has 0 aromatic carbocycles. The van der Waals surface area contributed by atoms with Gasteiger partial charge in [-0.15, -0.1) is 10.1 Å². The van der Waals surface area contributed by atoms with Crippen molar-refractivity contribution in [3.63, 3.8) is 0 Å². The predicted octanol–water partition coefficient (Wildman–Crippen LogP) is 1.43. The Morgan fingerprint density at radius 1 is 0.547 bits per heavy atom. The van der Waals surface area contributed by atoms with E-state index in [9.17, 15) is 38.4 Å². The van der Waals surface area contributed by atoms with Gasteiger partial charge in [-0.1, -0.05) is 0 Å². The van der Waals surface area contributed by atoms with E-state index >= 15 is 0 Å². The number of ether oxygens (including phenoxy) is 4. The second-order valence-electron chi connectivity index (χ2n) is 13.0. The molecule has 18 nitrogen and oxygen atoms in total. The normalized spacial score (nSPS) is 14.6. The van der Waals surface area contributed by atoms with Crippen LogP contribution in [0.4, 0.5) is 0 Å². The molecule has 53 heavy (non-hydrogen) atoms. The third-order valence-electron chi connectivity index (χ3n) is 8.65. The van der Waals surface area contributed by atoms with Crippen molar-refractivity contribution in [2.24, 2.45) is 5.41 Å². The number of hydrogen-bond acceptors (Lipinski definition) is 14. The van der Waals surface area contributed by atoms with Crippen molar-refractivity contribution in [1.82, 2.24) is 20.8 Å². The maximum Gasteiger partial charge on any atom is 0.333 e. The highest BCUT2D eigenvalue weighted by molar-refractivity contribution is 6.02. The van der Waals surface area contributed by atoms with E-state index in [1.807, 2.05) is 0 Å². The minimum atomic E-state index is -0.740. The fourth-order valence-corrected chi connectivity index (χ4v) is 5.56. The van der Waals surface area contributed by atoms with Gasteiger partial charge in [0, 0.05) is 105 Å². The average Bonchev–Trinajstić information content (AvgIpc) is 3.62. The summed E-state index contributed by atoms with van der Waals surface area (Å²) in [5.74, 6) is -4.11. The fraction of sp³-hybridized carbons (Fsp3) is 0.771. The molecule has 2 saturated heterocycles. The SMILES string of the molecule is COCCC(CCCOCCNC(=O)CCCC(=O)ON1C(=O)CCC1=O)(CCOC)COCCCCNC(=O)CCCC(=O)ON1C(=O)CCC1=O. The third-order valence-corrected chi connectivity index (χ3v) is 8.65. The van der Waals surface area contributed by atoms with Crippen molar-refractivity contribution in [1.29, 1.82) is 0 Å². The van der Waals surface area contributed by atoms with Gasteiger partial charge in [0.1, 0.15) is 0 Å². The Labute approximate surface area is 310 Å². The molecule has 2 aliphatic rings. The summed E-state index contributed by atoms with van der Waals surface area (Å²) in [5, 5.41) is 6.54. The Bertz CT molecular complexity index is 1110. The first-order valence-corrected chi connectivity index (χ1v) is 18.3. The largest absolute Gasteiger partial charge is 0.385 e. The van der Waals surface area contributed by atoms with Gasteiger partial charge in [0.25, 0.3) is 23.6 Å². The maximum absolute atomic E-state index is 12.1. The number of nitrogens with one attached hydrogen (secondary N) is 2. The Balaban J connectivity index is 1.56. The molecule has 0 atom stereocenters. The van der Waals surface area contributed by atoms with Gasteiger partial charge in [-0.25, -0.2) is 9.59 Å². The summed E-state index contributed by atoms with van der Waals surface area (Å²) in [7, 11) is 3.31. The number of unbranched alkanes of at least 4 members (excludes halogenated alkanes) is 1. The number of carbonyl (C=O) groups excluding carboxylic acids is 8. The third kappa shape index (κ3) is 18.5. The van der Waals surface area contributed by atoms with E-state index in [0.29, 0.717) is 69.3 Å².